The van der Waals surface area contributed by atoms with Gasteiger partial charge in [0.1, 0.15) is 0 Å². The van der Waals surface area contributed by atoms with Crippen molar-refractivity contribution in [1.82, 2.24) is 0 Å². The van der Waals surface area contributed by atoms with Crippen LogP contribution in [0.1, 0.15) is 20.7 Å². The van der Waals surface area contributed by atoms with E-state index in [1.54, 1.807) is 18.2 Å². The highest BCUT2D eigenvalue weighted by Gasteiger charge is 2.13. The molecule has 0 aliphatic heterocycles. The first-order chi connectivity index (χ1) is 9.88. The lowest BCUT2D eigenvalue weighted by Gasteiger charge is -2.10. The van der Waals surface area contributed by atoms with Crippen LogP contribution in [-0.2, 0) is 0 Å². The van der Waals surface area contributed by atoms with E-state index in [-0.39, 0.29) is 17.2 Å². The maximum absolute atomic E-state index is 12.2. The fourth-order valence-corrected chi connectivity index (χ4v) is 2.90. The molecule has 0 saturated carbocycles. The van der Waals surface area contributed by atoms with Crippen LogP contribution in [0.15, 0.2) is 45.3 Å². The minimum Gasteiger partial charge on any atom is -0.478 e. The predicted octanol–water partition coefficient (Wildman–Crippen LogP) is 3.74. The standard InChI is InChI=1S/C14H10Br2N2O3/c15-8-2-3-9(10(16)6-8)13(19)18-12-4-1-7(14(20)21)5-11(12)17/h1-6H,17H2,(H,18,19)(H,20,21). The van der Waals surface area contributed by atoms with Gasteiger partial charge in [0, 0.05) is 8.95 Å². The molecule has 108 valence electrons. The summed E-state index contributed by atoms with van der Waals surface area (Å²) in [4.78, 5) is 23.0. The Labute approximate surface area is 137 Å². The van der Waals surface area contributed by atoms with Crippen LogP contribution in [0.4, 0.5) is 11.4 Å². The normalized spacial score (nSPS) is 10.2. The maximum atomic E-state index is 12.2. The first-order valence-corrected chi connectivity index (χ1v) is 7.36. The van der Waals surface area contributed by atoms with E-state index in [1.807, 2.05) is 0 Å². The lowest BCUT2D eigenvalue weighted by Crippen LogP contribution is -2.14. The van der Waals surface area contributed by atoms with Crippen LogP contribution in [0.5, 0.6) is 0 Å². The number of nitrogens with one attached hydrogen (secondary N) is 1. The molecule has 4 N–H and O–H groups in total. The smallest absolute Gasteiger partial charge is 0.335 e. The van der Waals surface area contributed by atoms with E-state index in [2.05, 4.69) is 37.2 Å². The zero-order valence-corrected chi connectivity index (χ0v) is 13.7. The van der Waals surface area contributed by atoms with Gasteiger partial charge in [-0.1, -0.05) is 15.9 Å². The number of aromatic carboxylic acids is 1. The van der Waals surface area contributed by atoms with E-state index in [1.165, 1.54) is 18.2 Å². The van der Waals surface area contributed by atoms with Crippen molar-refractivity contribution in [2.24, 2.45) is 0 Å². The summed E-state index contributed by atoms with van der Waals surface area (Å²) in [6.07, 6.45) is 0. The number of anilines is 2. The number of amides is 1. The number of halogens is 2. The van der Waals surface area contributed by atoms with Crippen LogP contribution < -0.4 is 11.1 Å². The summed E-state index contributed by atoms with van der Waals surface area (Å²) in [7, 11) is 0. The Balaban J connectivity index is 2.25. The molecular weight excluding hydrogens is 404 g/mol. The van der Waals surface area contributed by atoms with Crippen molar-refractivity contribution in [3.8, 4) is 0 Å². The summed E-state index contributed by atoms with van der Waals surface area (Å²) in [5.74, 6) is -1.42. The molecule has 0 radical (unpaired) electrons. The van der Waals surface area contributed by atoms with Crippen molar-refractivity contribution in [2.75, 3.05) is 11.1 Å². The number of carbonyl (C=O) groups excluding carboxylic acids is 1. The zero-order valence-electron chi connectivity index (χ0n) is 10.6. The molecule has 0 atom stereocenters. The first kappa shape index (κ1) is 15.5. The Hall–Kier alpha value is -1.86. The molecule has 5 nitrogen and oxygen atoms in total. The largest absolute Gasteiger partial charge is 0.478 e. The number of carboxylic acid groups (broad SMARTS) is 1. The minimum absolute atomic E-state index is 0.0651. The Morgan fingerprint density at radius 3 is 2.38 bits per heavy atom. The molecule has 0 fully saturated rings. The molecule has 0 aromatic heterocycles. The number of nitrogens with two attached hydrogens (primary N) is 1. The lowest BCUT2D eigenvalue weighted by molar-refractivity contribution is 0.0697. The molecule has 21 heavy (non-hydrogen) atoms. The number of carbonyl (C=O) groups is 2. The van der Waals surface area contributed by atoms with Crippen molar-refractivity contribution in [2.45, 2.75) is 0 Å². The van der Waals surface area contributed by atoms with Crippen LogP contribution >= 0.6 is 31.9 Å². The quantitative estimate of drug-likeness (QED) is 0.668. The monoisotopic (exact) mass is 412 g/mol. The Morgan fingerprint density at radius 1 is 1.10 bits per heavy atom. The summed E-state index contributed by atoms with van der Waals surface area (Å²) >= 11 is 6.62. The molecule has 0 aliphatic carbocycles. The number of nitrogen functional groups attached to an aromatic ring is 1. The van der Waals surface area contributed by atoms with Crippen molar-refractivity contribution < 1.29 is 14.7 Å². The number of hydrogen-bond acceptors (Lipinski definition) is 3. The topological polar surface area (TPSA) is 92.4 Å². The number of carboxylic acids is 1. The van der Waals surface area contributed by atoms with E-state index in [4.69, 9.17) is 10.8 Å². The fourth-order valence-electron chi connectivity index (χ4n) is 1.67. The van der Waals surface area contributed by atoms with Gasteiger partial charge in [0.2, 0.25) is 0 Å². The highest BCUT2D eigenvalue weighted by atomic mass is 79.9. The van der Waals surface area contributed by atoms with Gasteiger partial charge in [-0.2, -0.15) is 0 Å². The maximum Gasteiger partial charge on any atom is 0.335 e. The van der Waals surface area contributed by atoms with E-state index in [0.717, 1.165) is 4.47 Å². The van der Waals surface area contributed by atoms with Gasteiger partial charge < -0.3 is 16.2 Å². The zero-order chi connectivity index (χ0) is 15.6. The third-order valence-corrected chi connectivity index (χ3v) is 3.87. The number of rotatable bonds is 3. The molecule has 0 unspecified atom stereocenters. The summed E-state index contributed by atoms with van der Waals surface area (Å²) in [6.45, 7) is 0. The highest BCUT2D eigenvalue weighted by Crippen LogP contribution is 2.25. The van der Waals surface area contributed by atoms with E-state index < -0.39 is 5.97 Å². The molecule has 0 aliphatic rings. The fraction of sp³-hybridized carbons (Fsp3) is 0. The van der Waals surface area contributed by atoms with E-state index in [9.17, 15) is 9.59 Å². The third-order valence-electron chi connectivity index (χ3n) is 2.72. The van der Waals surface area contributed by atoms with E-state index >= 15 is 0 Å². The highest BCUT2D eigenvalue weighted by molar-refractivity contribution is 9.11. The first-order valence-electron chi connectivity index (χ1n) is 5.77. The lowest BCUT2D eigenvalue weighted by atomic mass is 10.1. The van der Waals surface area contributed by atoms with Crippen LogP contribution in [0, 0.1) is 0 Å². The molecule has 2 rings (SSSR count). The average Bonchev–Trinajstić information content (AvgIpc) is 2.40. The molecule has 0 heterocycles. The molecular formula is C14H10Br2N2O3. The molecule has 1 amide bonds. The van der Waals surface area contributed by atoms with Crippen LogP contribution in [0.2, 0.25) is 0 Å². The summed E-state index contributed by atoms with van der Waals surface area (Å²) in [6, 6.07) is 9.30. The third kappa shape index (κ3) is 3.62. The Morgan fingerprint density at radius 2 is 1.81 bits per heavy atom. The second-order valence-electron chi connectivity index (χ2n) is 4.19. The molecule has 0 bridgehead atoms. The van der Waals surface area contributed by atoms with Gasteiger partial charge in [-0.05, 0) is 52.3 Å². The Kier molecular flexibility index (Phi) is 4.64. The average molecular weight is 414 g/mol. The van der Waals surface area contributed by atoms with Gasteiger partial charge in [0.05, 0.1) is 22.5 Å². The molecule has 0 spiro atoms. The number of hydrogen-bond donors (Lipinski definition) is 3. The van der Waals surface area contributed by atoms with Crippen LogP contribution in [0.3, 0.4) is 0 Å². The van der Waals surface area contributed by atoms with Crippen molar-refractivity contribution in [3.63, 3.8) is 0 Å². The SMILES string of the molecule is Nc1cc(C(=O)O)ccc1NC(=O)c1ccc(Br)cc1Br. The molecule has 2 aromatic carbocycles. The Bertz CT molecular complexity index is 732. The second-order valence-corrected chi connectivity index (χ2v) is 5.96. The molecule has 0 saturated heterocycles. The summed E-state index contributed by atoms with van der Waals surface area (Å²) in [5, 5.41) is 11.5. The number of benzene rings is 2. The van der Waals surface area contributed by atoms with Gasteiger partial charge >= 0.3 is 5.97 Å². The van der Waals surface area contributed by atoms with Crippen molar-refractivity contribution in [3.05, 3.63) is 56.5 Å². The minimum atomic E-state index is -1.07. The second kappa shape index (κ2) is 6.28. The van der Waals surface area contributed by atoms with Gasteiger partial charge in [0.15, 0.2) is 0 Å². The molecule has 7 heteroatoms. The summed E-state index contributed by atoms with van der Waals surface area (Å²) in [5.41, 5.74) is 6.81. The summed E-state index contributed by atoms with van der Waals surface area (Å²) < 4.78 is 1.48. The van der Waals surface area contributed by atoms with Crippen LogP contribution in [0.25, 0.3) is 0 Å². The predicted molar refractivity (Wildman–Crippen MR) is 87.6 cm³/mol. The molecule has 2 aromatic rings. The van der Waals surface area contributed by atoms with Gasteiger partial charge in [-0.15, -0.1) is 0 Å². The van der Waals surface area contributed by atoms with Gasteiger partial charge in [-0.25, -0.2) is 4.79 Å². The van der Waals surface area contributed by atoms with Gasteiger partial charge in [-0.3, -0.25) is 4.79 Å². The van der Waals surface area contributed by atoms with E-state index in [0.29, 0.717) is 15.7 Å². The van der Waals surface area contributed by atoms with Crippen molar-refractivity contribution in [1.29, 1.82) is 0 Å². The van der Waals surface area contributed by atoms with Gasteiger partial charge in [0.25, 0.3) is 5.91 Å². The van der Waals surface area contributed by atoms with Crippen molar-refractivity contribution >= 4 is 55.1 Å². The van der Waals surface area contributed by atoms with Crippen LogP contribution in [-0.4, -0.2) is 17.0 Å².